The van der Waals surface area contributed by atoms with Gasteiger partial charge in [-0.3, -0.25) is 4.79 Å². The van der Waals surface area contributed by atoms with Crippen LogP contribution in [0.15, 0.2) is 35.7 Å². The van der Waals surface area contributed by atoms with Gasteiger partial charge in [0.25, 0.3) is 5.91 Å². The summed E-state index contributed by atoms with van der Waals surface area (Å²) >= 11 is 1.81. The zero-order valence-electron chi connectivity index (χ0n) is 15.0. The predicted octanol–water partition coefficient (Wildman–Crippen LogP) is 2.13. The number of aryl methyl sites for hydroxylation is 1. The molecule has 1 aromatic carbocycles. The quantitative estimate of drug-likeness (QED) is 0.770. The van der Waals surface area contributed by atoms with Crippen LogP contribution in [0.4, 0.5) is 0 Å². The highest BCUT2D eigenvalue weighted by atomic mass is 32.1. The molecule has 1 aliphatic rings. The molecule has 0 saturated heterocycles. The molecule has 134 valence electrons. The first-order chi connectivity index (χ1) is 12.2. The second-order valence-corrected chi connectivity index (χ2v) is 7.58. The Morgan fingerprint density at radius 1 is 1.32 bits per heavy atom. The normalized spacial score (nSPS) is 16.7. The Morgan fingerprint density at radius 3 is 2.88 bits per heavy atom. The van der Waals surface area contributed by atoms with Crippen LogP contribution in [0.25, 0.3) is 0 Å². The fourth-order valence-electron chi connectivity index (χ4n) is 3.41. The van der Waals surface area contributed by atoms with Crippen molar-refractivity contribution in [1.29, 1.82) is 0 Å². The third kappa shape index (κ3) is 4.29. The lowest BCUT2D eigenvalue weighted by atomic mass is 9.92. The number of rotatable bonds is 7. The van der Waals surface area contributed by atoms with Crippen LogP contribution in [0.5, 0.6) is 0 Å². The van der Waals surface area contributed by atoms with E-state index in [2.05, 4.69) is 52.9 Å². The van der Waals surface area contributed by atoms with Gasteiger partial charge in [-0.25, -0.2) is 0 Å². The molecule has 0 fully saturated rings. The molecule has 2 heterocycles. The molecule has 25 heavy (non-hydrogen) atoms. The highest BCUT2D eigenvalue weighted by Gasteiger charge is 2.33. The lowest BCUT2D eigenvalue weighted by Gasteiger charge is -2.36. The summed E-state index contributed by atoms with van der Waals surface area (Å²) in [6.07, 6.45) is 1.94. The molecule has 0 spiro atoms. The van der Waals surface area contributed by atoms with Gasteiger partial charge in [-0.1, -0.05) is 29.8 Å². The van der Waals surface area contributed by atoms with Crippen LogP contribution >= 0.6 is 11.3 Å². The number of quaternary nitrogens is 1. The average Bonchev–Trinajstić information content (AvgIpc) is 3.10. The van der Waals surface area contributed by atoms with Gasteiger partial charge in [-0.05, 0) is 35.9 Å². The molecule has 0 saturated carbocycles. The van der Waals surface area contributed by atoms with Crippen LogP contribution < -0.4 is 5.32 Å². The van der Waals surface area contributed by atoms with E-state index in [1.165, 1.54) is 21.6 Å². The van der Waals surface area contributed by atoms with Crippen molar-refractivity contribution in [2.75, 3.05) is 33.4 Å². The third-order valence-corrected chi connectivity index (χ3v) is 5.75. The van der Waals surface area contributed by atoms with Gasteiger partial charge in [0.1, 0.15) is 0 Å². The van der Waals surface area contributed by atoms with E-state index in [1.807, 2.05) is 11.3 Å². The molecule has 1 aliphatic heterocycles. The van der Waals surface area contributed by atoms with Gasteiger partial charge in [0.15, 0.2) is 6.54 Å². The second-order valence-electron chi connectivity index (χ2n) is 6.58. The zero-order valence-corrected chi connectivity index (χ0v) is 15.8. The molecular weight excluding hydrogens is 332 g/mol. The van der Waals surface area contributed by atoms with Crippen LogP contribution in [0, 0.1) is 6.92 Å². The second kappa shape index (κ2) is 8.61. The number of nitrogens with zero attached hydrogens (tertiary/aromatic N) is 1. The Bertz CT molecular complexity index is 696. The highest BCUT2D eigenvalue weighted by molar-refractivity contribution is 7.10. The van der Waals surface area contributed by atoms with Gasteiger partial charge in [0, 0.05) is 25.0 Å². The average molecular weight is 360 g/mol. The van der Waals surface area contributed by atoms with Gasteiger partial charge < -0.3 is 15.0 Å². The van der Waals surface area contributed by atoms with E-state index in [-0.39, 0.29) is 11.9 Å². The molecule has 0 aliphatic carbocycles. The van der Waals surface area contributed by atoms with E-state index in [1.54, 1.807) is 7.11 Å². The Hall–Kier alpha value is -1.69. The number of benzene rings is 1. The Balaban J connectivity index is 1.75. The Kier molecular flexibility index (Phi) is 6.24. The summed E-state index contributed by atoms with van der Waals surface area (Å²) < 4.78 is 5.07. The van der Waals surface area contributed by atoms with E-state index in [0.717, 1.165) is 32.5 Å². The number of amides is 1. The maximum absolute atomic E-state index is 12.9. The molecule has 4 nitrogen and oxygen atoms in total. The lowest BCUT2D eigenvalue weighted by molar-refractivity contribution is -0.645. The first-order valence-electron chi connectivity index (χ1n) is 8.93. The van der Waals surface area contributed by atoms with Crippen LogP contribution in [-0.4, -0.2) is 44.2 Å². The minimum atomic E-state index is 0.0514. The minimum Gasteiger partial charge on any atom is -0.384 e. The van der Waals surface area contributed by atoms with Crippen molar-refractivity contribution >= 4 is 17.2 Å². The number of hydrogen-bond acceptors (Lipinski definition) is 3. The van der Waals surface area contributed by atoms with Crippen molar-refractivity contribution in [1.82, 2.24) is 4.90 Å². The third-order valence-electron chi connectivity index (χ3n) is 4.76. The number of thiophene rings is 1. The summed E-state index contributed by atoms with van der Waals surface area (Å²) in [4.78, 5) is 16.4. The number of fused-ring (bicyclic) bond motifs is 1. The predicted molar refractivity (Wildman–Crippen MR) is 101 cm³/mol. The maximum atomic E-state index is 12.9. The van der Waals surface area contributed by atoms with Gasteiger partial charge >= 0.3 is 0 Å². The number of carbonyl (C=O) groups is 1. The molecule has 1 atom stereocenters. The molecule has 2 aromatic rings. The van der Waals surface area contributed by atoms with Gasteiger partial charge in [0.05, 0.1) is 19.2 Å². The van der Waals surface area contributed by atoms with E-state index >= 15 is 0 Å². The Morgan fingerprint density at radius 2 is 2.12 bits per heavy atom. The number of hydrogen-bond donors (Lipinski definition) is 1. The lowest BCUT2D eigenvalue weighted by Crippen LogP contribution is -2.87. The smallest absolute Gasteiger partial charge is 0.278 e. The van der Waals surface area contributed by atoms with Crippen LogP contribution in [0.3, 0.4) is 0 Å². The molecule has 2 N–H and O–H groups in total. The summed E-state index contributed by atoms with van der Waals surface area (Å²) in [5.74, 6) is 0.222. The number of ether oxygens (including phenoxy) is 1. The fourth-order valence-corrected chi connectivity index (χ4v) is 4.31. The summed E-state index contributed by atoms with van der Waals surface area (Å²) in [6.45, 7) is 5.08. The van der Waals surface area contributed by atoms with E-state index < -0.39 is 0 Å². The van der Waals surface area contributed by atoms with Gasteiger partial charge in [0.2, 0.25) is 0 Å². The SMILES string of the molecule is COCCC[NH2+]CC(=O)N1CCc2sccc2[C@@H]1c1ccc(C)cc1. The minimum absolute atomic E-state index is 0.0514. The standard InChI is InChI=1S/C20H26N2O2S/c1-15-4-6-16(7-5-15)20-17-9-13-25-18(17)8-11-22(20)19(23)14-21-10-3-12-24-2/h4-7,9,13,20-21H,3,8,10-12,14H2,1-2H3/p+1/t20-/m0/s1. The van der Waals surface area contributed by atoms with Crippen molar-refractivity contribution in [2.24, 2.45) is 0 Å². The summed E-state index contributed by atoms with van der Waals surface area (Å²) in [5, 5.41) is 4.24. The first-order valence-corrected chi connectivity index (χ1v) is 9.81. The number of nitrogens with two attached hydrogens (primary N) is 1. The first kappa shape index (κ1) is 18.1. The molecular formula is C20H27N2O2S+. The van der Waals surface area contributed by atoms with Crippen molar-refractivity contribution < 1.29 is 14.8 Å². The van der Waals surface area contributed by atoms with Crippen molar-refractivity contribution in [3.63, 3.8) is 0 Å². The molecule has 1 amide bonds. The van der Waals surface area contributed by atoms with Crippen molar-refractivity contribution in [3.05, 3.63) is 57.3 Å². The molecule has 0 unspecified atom stereocenters. The van der Waals surface area contributed by atoms with Gasteiger partial charge in [-0.2, -0.15) is 0 Å². The monoisotopic (exact) mass is 359 g/mol. The van der Waals surface area contributed by atoms with E-state index in [0.29, 0.717) is 6.54 Å². The molecule has 0 radical (unpaired) electrons. The van der Waals surface area contributed by atoms with Crippen molar-refractivity contribution in [2.45, 2.75) is 25.8 Å². The fraction of sp³-hybridized carbons (Fsp3) is 0.450. The number of carbonyl (C=O) groups excluding carboxylic acids is 1. The van der Waals surface area contributed by atoms with E-state index in [4.69, 9.17) is 4.74 Å². The van der Waals surface area contributed by atoms with Crippen LogP contribution in [0.1, 0.15) is 34.0 Å². The molecule has 5 heteroatoms. The van der Waals surface area contributed by atoms with Crippen LogP contribution in [0.2, 0.25) is 0 Å². The van der Waals surface area contributed by atoms with E-state index in [9.17, 15) is 4.79 Å². The summed E-state index contributed by atoms with van der Waals surface area (Å²) in [6, 6.07) is 10.8. The largest absolute Gasteiger partial charge is 0.384 e. The van der Waals surface area contributed by atoms with Crippen LogP contribution in [-0.2, 0) is 16.0 Å². The number of methoxy groups -OCH3 is 1. The topological polar surface area (TPSA) is 46.1 Å². The summed E-state index contributed by atoms with van der Waals surface area (Å²) in [5.41, 5.74) is 3.75. The van der Waals surface area contributed by atoms with Gasteiger partial charge in [-0.15, -0.1) is 11.3 Å². The molecule has 3 rings (SSSR count). The molecule has 1 aromatic heterocycles. The Labute approximate surface area is 153 Å². The highest BCUT2D eigenvalue weighted by Crippen LogP contribution is 2.37. The zero-order chi connectivity index (χ0) is 17.6. The maximum Gasteiger partial charge on any atom is 0.278 e. The molecule has 0 bridgehead atoms. The summed E-state index contributed by atoms with van der Waals surface area (Å²) in [7, 11) is 1.71. The van der Waals surface area contributed by atoms with Crippen molar-refractivity contribution in [3.8, 4) is 0 Å².